The fourth-order valence-corrected chi connectivity index (χ4v) is 0.927. The number of aromatic nitrogens is 4. The molecule has 0 atom stereocenters. The molecule has 2 heterocycles. The number of nitrogens with zero attached hydrogens (tertiary/aromatic N) is 4. The lowest BCUT2D eigenvalue weighted by Gasteiger charge is -1.91. The second-order valence-corrected chi connectivity index (χ2v) is 2.79. The maximum absolute atomic E-state index is 10.5. The molecule has 76 valence electrons. The zero-order valence-electron chi connectivity index (χ0n) is 7.71. The van der Waals surface area contributed by atoms with Gasteiger partial charge in [-0.05, 0) is 24.2 Å². The van der Waals surface area contributed by atoms with E-state index in [1.165, 1.54) is 0 Å². The molecule has 0 unspecified atom stereocenters. The lowest BCUT2D eigenvalue weighted by molar-refractivity contribution is 0.0680. The third-order valence-corrected chi connectivity index (χ3v) is 1.63. The van der Waals surface area contributed by atoms with Gasteiger partial charge in [0.1, 0.15) is 0 Å². The van der Waals surface area contributed by atoms with E-state index in [0.29, 0.717) is 5.69 Å². The highest BCUT2D eigenvalue weighted by atomic mass is 16.5. The van der Waals surface area contributed by atoms with Crippen LogP contribution in [-0.2, 0) is 0 Å². The van der Waals surface area contributed by atoms with Crippen molar-refractivity contribution in [1.29, 1.82) is 0 Å². The van der Waals surface area contributed by atoms with Crippen molar-refractivity contribution in [2.24, 2.45) is 0 Å². The quantitative estimate of drug-likeness (QED) is 0.764. The normalized spacial score (nSPS) is 10.2. The lowest BCUT2D eigenvalue weighted by Crippen LogP contribution is -1.98. The molecule has 0 aliphatic carbocycles. The van der Waals surface area contributed by atoms with Gasteiger partial charge in [-0.2, -0.15) is 10.1 Å². The van der Waals surface area contributed by atoms with Gasteiger partial charge in [-0.25, -0.2) is 4.79 Å². The van der Waals surface area contributed by atoms with Crippen molar-refractivity contribution in [2.45, 2.75) is 6.92 Å². The third kappa shape index (κ3) is 1.80. The fraction of sp³-hybridized carbons (Fsp3) is 0.125. The highest BCUT2D eigenvalue weighted by molar-refractivity contribution is 5.83. The molecular weight excluding hydrogens is 200 g/mol. The molecule has 0 bridgehead atoms. The minimum absolute atomic E-state index is 0.0416. The van der Waals surface area contributed by atoms with E-state index in [9.17, 15) is 4.79 Å². The molecule has 2 aromatic rings. The molecule has 7 nitrogen and oxygen atoms in total. The third-order valence-electron chi connectivity index (χ3n) is 1.63. The van der Waals surface area contributed by atoms with E-state index in [1.807, 2.05) is 0 Å². The highest BCUT2D eigenvalue weighted by Gasteiger charge is 2.15. The zero-order chi connectivity index (χ0) is 10.8. The van der Waals surface area contributed by atoms with Gasteiger partial charge in [0.15, 0.2) is 5.69 Å². The average molecular weight is 206 g/mol. The first-order valence-corrected chi connectivity index (χ1v) is 4.04. The Hall–Kier alpha value is -2.31. The van der Waals surface area contributed by atoms with Crippen molar-refractivity contribution in [1.82, 2.24) is 20.3 Å². The smallest absolute Gasteiger partial charge is 0.377 e. The van der Waals surface area contributed by atoms with Crippen LogP contribution in [0, 0.1) is 6.92 Å². The van der Waals surface area contributed by atoms with Gasteiger partial charge < -0.3 is 9.63 Å². The minimum Gasteiger partial charge on any atom is -0.475 e. The van der Waals surface area contributed by atoms with Gasteiger partial charge in [-0.1, -0.05) is 0 Å². The second-order valence-electron chi connectivity index (χ2n) is 2.79. The first kappa shape index (κ1) is 9.25. The summed E-state index contributed by atoms with van der Waals surface area (Å²) in [5.74, 6) is -1.60. The maximum atomic E-state index is 10.5. The molecular formula is C8H6N4O3. The van der Waals surface area contributed by atoms with E-state index >= 15 is 0 Å². The molecule has 2 aromatic heterocycles. The predicted octanol–water partition coefficient (Wildman–Crippen LogP) is 0.533. The second kappa shape index (κ2) is 3.45. The summed E-state index contributed by atoms with van der Waals surface area (Å²) in [5.41, 5.74) is 1.09. The van der Waals surface area contributed by atoms with E-state index < -0.39 is 11.8 Å². The Morgan fingerprint density at radius 2 is 2.20 bits per heavy atom. The molecule has 0 aliphatic rings. The molecule has 0 radical (unpaired) electrons. The molecule has 0 saturated heterocycles. The van der Waals surface area contributed by atoms with Gasteiger partial charge in [0.2, 0.25) is 0 Å². The number of hydrogen-bond acceptors (Lipinski definition) is 6. The summed E-state index contributed by atoms with van der Waals surface area (Å²) >= 11 is 0. The Morgan fingerprint density at radius 1 is 1.40 bits per heavy atom. The van der Waals surface area contributed by atoms with E-state index in [-0.39, 0.29) is 5.89 Å². The van der Waals surface area contributed by atoms with Crippen molar-refractivity contribution >= 4 is 5.97 Å². The summed E-state index contributed by atoms with van der Waals surface area (Å²) in [6.07, 6.45) is 0. The Balaban J connectivity index is 2.37. The summed E-state index contributed by atoms with van der Waals surface area (Å²) in [7, 11) is 0. The van der Waals surface area contributed by atoms with Gasteiger partial charge in [0.25, 0.3) is 11.7 Å². The van der Waals surface area contributed by atoms with Crippen LogP contribution in [0.2, 0.25) is 0 Å². The minimum atomic E-state index is -1.25. The summed E-state index contributed by atoms with van der Waals surface area (Å²) in [6.45, 7) is 1.78. The van der Waals surface area contributed by atoms with Gasteiger partial charge >= 0.3 is 5.97 Å². The first-order valence-electron chi connectivity index (χ1n) is 4.04. The van der Waals surface area contributed by atoms with Gasteiger partial charge in [-0.3, -0.25) is 0 Å². The van der Waals surface area contributed by atoms with Crippen LogP contribution < -0.4 is 0 Å². The van der Waals surface area contributed by atoms with Crippen molar-refractivity contribution in [2.75, 3.05) is 0 Å². The van der Waals surface area contributed by atoms with E-state index in [4.69, 9.17) is 9.63 Å². The molecule has 0 saturated carbocycles. The largest absolute Gasteiger partial charge is 0.475 e. The maximum Gasteiger partial charge on any atom is 0.377 e. The number of rotatable bonds is 2. The van der Waals surface area contributed by atoms with Crippen LogP contribution in [0.3, 0.4) is 0 Å². The summed E-state index contributed by atoms with van der Waals surface area (Å²) < 4.78 is 4.71. The molecule has 0 aromatic carbocycles. The molecule has 0 aliphatic heterocycles. The standard InChI is InChI=1S/C8H6N4O3/c1-4-2-3-5(11-10-4)7-9-6(8(13)14)12-15-7/h2-3H,1H3,(H,13,14). The molecule has 15 heavy (non-hydrogen) atoms. The average Bonchev–Trinajstić information content (AvgIpc) is 2.68. The summed E-state index contributed by atoms with van der Waals surface area (Å²) in [6, 6.07) is 3.34. The number of carbonyl (C=O) groups is 1. The van der Waals surface area contributed by atoms with Crippen molar-refractivity contribution in [3.05, 3.63) is 23.7 Å². The van der Waals surface area contributed by atoms with Crippen LogP contribution in [0.1, 0.15) is 16.3 Å². The molecule has 0 amide bonds. The van der Waals surface area contributed by atoms with Gasteiger partial charge in [-0.15, -0.1) is 5.10 Å². The summed E-state index contributed by atoms with van der Waals surface area (Å²) in [5, 5.41) is 19.4. The fourth-order valence-electron chi connectivity index (χ4n) is 0.927. The highest BCUT2D eigenvalue weighted by Crippen LogP contribution is 2.12. The SMILES string of the molecule is Cc1ccc(-c2nc(C(=O)O)no2)nn1. The van der Waals surface area contributed by atoms with Gasteiger partial charge in [0, 0.05) is 0 Å². The zero-order valence-corrected chi connectivity index (χ0v) is 7.71. The Kier molecular flexibility index (Phi) is 2.13. The molecule has 0 spiro atoms. The number of carboxylic acids is 1. The topological polar surface area (TPSA) is 102 Å². The van der Waals surface area contributed by atoms with E-state index in [1.54, 1.807) is 19.1 Å². The molecule has 1 N–H and O–H groups in total. The lowest BCUT2D eigenvalue weighted by atomic mass is 10.3. The first-order chi connectivity index (χ1) is 7.16. The van der Waals surface area contributed by atoms with E-state index in [0.717, 1.165) is 5.69 Å². The van der Waals surface area contributed by atoms with Crippen molar-refractivity contribution < 1.29 is 14.4 Å². The van der Waals surface area contributed by atoms with Crippen LogP contribution in [0.4, 0.5) is 0 Å². The van der Waals surface area contributed by atoms with Crippen LogP contribution in [-0.4, -0.2) is 31.4 Å². The Morgan fingerprint density at radius 3 is 2.73 bits per heavy atom. The summed E-state index contributed by atoms with van der Waals surface area (Å²) in [4.78, 5) is 14.1. The monoisotopic (exact) mass is 206 g/mol. The number of aromatic carboxylic acids is 1. The van der Waals surface area contributed by atoms with Crippen molar-refractivity contribution in [3.8, 4) is 11.6 Å². The molecule has 7 heteroatoms. The Labute approximate surface area is 83.8 Å². The van der Waals surface area contributed by atoms with Gasteiger partial charge in [0.05, 0.1) is 5.69 Å². The number of hydrogen-bond donors (Lipinski definition) is 1. The van der Waals surface area contributed by atoms with Crippen LogP contribution in [0.5, 0.6) is 0 Å². The Bertz CT molecular complexity index is 491. The van der Waals surface area contributed by atoms with Crippen LogP contribution in [0.15, 0.2) is 16.7 Å². The predicted molar refractivity (Wildman–Crippen MR) is 47.0 cm³/mol. The van der Waals surface area contributed by atoms with Crippen LogP contribution in [0.25, 0.3) is 11.6 Å². The molecule has 0 fully saturated rings. The number of aryl methyl sites for hydroxylation is 1. The number of carboxylic acid groups (broad SMARTS) is 1. The van der Waals surface area contributed by atoms with Crippen LogP contribution >= 0.6 is 0 Å². The van der Waals surface area contributed by atoms with E-state index in [2.05, 4.69) is 20.3 Å². The molecule has 2 rings (SSSR count). The van der Waals surface area contributed by atoms with Crippen molar-refractivity contribution in [3.63, 3.8) is 0 Å².